The molecule has 2 N–H and O–H groups in total. The van der Waals surface area contributed by atoms with Gasteiger partial charge in [-0.2, -0.15) is 5.26 Å². The number of nitrogens with zero attached hydrogens (tertiary/aromatic N) is 4. The number of aliphatic imine (C=N–C) groups is 1. The maximum absolute atomic E-state index is 12.0. The summed E-state index contributed by atoms with van der Waals surface area (Å²) in [5, 5.41) is 15.0. The molecule has 178 valence electrons. The highest BCUT2D eigenvalue weighted by atomic mass is 32.2. The van der Waals surface area contributed by atoms with Crippen LogP contribution in [0.15, 0.2) is 59.9 Å². The number of benzene rings is 1. The van der Waals surface area contributed by atoms with E-state index < -0.39 is 10.0 Å². The van der Waals surface area contributed by atoms with Gasteiger partial charge in [-0.25, -0.2) is 8.42 Å². The predicted octanol–water partition coefficient (Wildman–Crippen LogP) is 3.65. The standard InChI is InChI=1S/C23H32N6O3S/c1-33(30,31)29(32-19-21-11-7-6-8-12-21)18-10-5-3-2-4-9-15-26-23(27-20-24)28-22-13-16-25-17-14-22/h6-8,11-14,16-17H,2-5,9-10,15,18-19H2,1H3,(H2,25,26,27,28). The zero-order valence-corrected chi connectivity index (χ0v) is 19.8. The molecule has 0 atom stereocenters. The summed E-state index contributed by atoms with van der Waals surface area (Å²) in [6.45, 7) is 1.28. The predicted molar refractivity (Wildman–Crippen MR) is 129 cm³/mol. The van der Waals surface area contributed by atoms with E-state index in [0.717, 1.165) is 54.2 Å². The number of hydrogen-bond acceptors (Lipinski definition) is 6. The van der Waals surface area contributed by atoms with Gasteiger partial charge in [0.1, 0.15) is 0 Å². The van der Waals surface area contributed by atoms with Gasteiger partial charge in [-0.15, -0.1) is 4.99 Å². The van der Waals surface area contributed by atoms with Crippen LogP contribution in [0.1, 0.15) is 44.1 Å². The molecule has 1 aromatic carbocycles. The Balaban J connectivity index is 1.57. The highest BCUT2D eigenvalue weighted by Gasteiger charge is 2.17. The fourth-order valence-corrected chi connectivity index (χ4v) is 3.77. The van der Waals surface area contributed by atoms with Crippen molar-refractivity contribution < 1.29 is 13.3 Å². The number of sulfonamides is 1. The molecule has 0 amide bonds. The normalized spacial score (nSPS) is 11.8. The molecule has 0 bridgehead atoms. The monoisotopic (exact) mass is 472 g/mol. The maximum Gasteiger partial charge on any atom is 0.233 e. The van der Waals surface area contributed by atoms with Gasteiger partial charge in [-0.05, 0) is 30.5 Å². The van der Waals surface area contributed by atoms with E-state index in [0.29, 0.717) is 19.0 Å². The number of hydroxylamine groups is 1. The van der Waals surface area contributed by atoms with Gasteiger partial charge in [-0.1, -0.05) is 60.5 Å². The average Bonchev–Trinajstić information content (AvgIpc) is 2.80. The highest BCUT2D eigenvalue weighted by molar-refractivity contribution is 7.88. The lowest BCUT2D eigenvalue weighted by Gasteiger charge is -2.19. The van der Waals surface area contributed by atoms with E-state index in [1.54, 1.807) is 30.7 Å². The van der Waals surface area contributed by atoms with Gasteiger partial charge in [0.25, 0.3) is 0 Å². The largest absolute Gasteiger partial charge is 0.355 e. The van der Waals surface area contributed by atoms with Crippen LogP contribution in [0.25, 0.3) is 0 Å². The summed E-state index contributed by atoms with van der Waals surface area (Å²) in [6.07, 6.45) is 12.0. The Labute approximate surface area is 196 Å². The number of guanidine groups is 1. The first-order chi connectivity index (χ1) is 16.0. The fourth-order valence-electron chi connectivity index (χ4n) is 3.06. The number of unbranched alkanes of at least 4 members (excludes halogenated alkanes) is 5. The van der Waals surface area contributed by atoms with Crippen LogP contribution in [0, 0.1) is 11.5 Å². The van der Waals surface area contributed by atoms with Gasteiger partial charge in [0.15, 0.2) is 0 Å². The smallest absolute Gasteiger partial charge is 0.233 e. The Hall–Kier alpha value is -3.00. The minimum absolute atomic E-state index is 0.230. The van der Waals surface area contributed by atoms with Crippen LogP contribution in [0.2, 0.25) is 0 Å². The topological polar surface area (TPSA) is 120 Å². The number of nitriles is 1. The van der Waals surface area contributed by atoms with Crippen molar-refractivity contribution in [1.29, 1.82) is 5.26 Å². The molecule has 0 saturated carbocycles. The number of rotatable bonds is 14. The van der Waals surface area contributed by atoms with E-state index in [9.17, 15) is 8.42 Å². The highest BCUT2D eigenvalue weighted by Crippen LogP contribution is 2.11. The number of aromatic nitrogens is 1. The molecule has 0 aliphatic heterocycles. The molecule has 33 heavy (non-hydrogen) atoms. The van der Waals surface area contributed by atoms with Gasteiger partial charge in [0.05, 0.1) is 12.9 Å². The molecule has 0 radical (unpaired) electrons. The number of anilines is 1. The third-order valence-corrected chi connectivity index (χ3v) is 5.78. The summed E-state index contributed by atoms with van der Waals surface area (Å²) in [5.74, 6) is 0.417. The van der Waals surface area contributed by atoms with Gasteiger partial charge in [-0.3, -0.25) is 9.82 Å². The third-order valence-electron chi connectivity index (χ3n) is 4.75. The van der Waals surface area contributed by atoms with Crippen molar-refractivity contribution >= 4 is 21.7 Å². The van der Waals surface area contributed by atoms with Crippen LogP contribution >= 0.6 is 0 Å². The van der Waals surface area contributed by atoms with E-state index >= 15 is 0 Å². The second kappa shape index (κ2) is 14.9. The van der Waals surface area contributed by atoms with Crippen LogP contribution in [0.3, 0.4) is 0 Å². The molecule has 0 spiro atoms. The molecule has 0 fully saturated rings. The summed E-state index contributed by atoms with van der Waals surface area (Å²) < 4.78 is 25.0. The lowest BCUT2D eigenvalue weighted by atomic mass is 10.1. The molecule has 1 aromatic heterocycles. The first-order valence-corrected chi connectivity index (χ1v) is 12.9. The van der Waals surface area contributed by atoms with E-state index in [2.05, 4.69) is 20.6 Å². The van der Waals surface area contributed by atoms with E-state index in [4.69, 9.17) is 10.1 Å². The third kappa shape index (κ3) is 11.4. The lowest BCUT2D eigenvalue weighted by Crippen LogP contribution is -2.31. The van der Waals surface area contributed by atoms with Crippen LogP contribution in [-0.4, -0.2) is 43.2 Å². The molecule has 0 aliphatic rings. The maximum atomic E-state index is 12.0. The molecule has 1 heterocycles. The van der Waals surface area contributed by atoms with Crippen LogP contribution in [0.4, 0.5) is 5.69 Å². The van der Waals surface area contributed by atoms with Gasteiger partial charge < -0.3 is 10.6 Å². The minimum atomic E-state index is -3.42. The molecular weight excluding hydrogens is 440 g/mol. The zero-order chi connectivity index (χ0) is 23.8. The second-order valence-electron chi connectivity index (χ2n) is 7.52. The number of hydrogen-bond donors (Lipinski definition) is 2. The fraction of sp³-hybridized carbons (Fsp3) is 0.435. The average molecular weight is 473 g/mol. The number of nitrogens with one attached hydrogen (secondary N) is 2. The molecule has 2 aromatic rings. The Kier molecular flexibility index (Phi) is 11.9. The molecule has 0 unspecified atom stereocenters. The van der Waals surface area contributed by atoms with Crippen molar-refractivity contribution in [3.63, 3.8) is 0 Å². The molecule has 0 aliphatic carbocycles. The number of pyridine rings is 1. The molecular formula is C23H32N6O3S. The van der Waals surface area contributed by atoms with E-state index in [1.165, 1.54) is 6.26 Å². The van der Waals surface area contributed by atoms with Crippen molar-refractivity contribution in [1.82, 2.24) is 14.8 Å². The van der Waals surface area contributed by atoms with Gasteiger partial charge in [0.2, 0.25) is 22.2 Å². The molecule has 10 heteroatoms. The zero-order valence-electron chi connectivity index (χ0n) is 19.0. The quantitative estimate of drug-likeness (QED) is 0.142. The summed E-state index contributed by atoms with van der Waals surface area (Å²) in [5.41, 5.74) is 1.74. The Morgan fingerprint density at radius 2 is 1.73 bits per heavy atom. The Morgan fingerprint density at radius 1 is 1.06 bits per heavy atom. The van der Waals surface area contributed by atoms with Crippen molar-refractivity contribution in [2.75, 3.05) is 24.7 Å². The van der Waals surface area contributed by atoms with Gasteiger partial charge >= 0.3 is 0 Å². The Morgan fingerprint density at radius 3 is 2.39 bits per heavy atom. The summed E-state index contributed by atoms with van der Waals surface area (Å²) in [4.78, 5) is 13.2. The first kappa shape index (κ1) is 26.3. The minimum Gasteiger partial charge on any atom is -0.355 e. The van der Waals surface area contributed by atoms with Crippen molar-refractivity contribution in [3.8, 4) is 6.19 Å². The summed E-state index contributed by atoms with van der Waals surface area (Å²) in [7, 11) is -3.42. The lowest BCUT2D eigenvalue weighted by molar-refractivity contribution is -0.0962. The SMILES string of the molecule is CS(=O)(=O)N(CCCCCCCCN/C(=N\C#N)Nc1ccncc1)OCc1ccccc1. The van der Waals surface area contributed by atoms with Crippen LogP contribution in [0.5, 0.6) is 0 Å². The molecule has 9 nitrogen and oxygen atoms in total. The van der Waals surface area contributed by atoms with Crippen molar-refractivity contribution in [2.24, 2.45) is 4.99 Å². The second-order valence-corrected chi connectivity index (χ2v) is 9.39. The molecule has 2 rings (SSSR count). The first-order valence-electron chi connectivity index (χ1n) is 11.0. The summed E-state index contributed by atoms with van der Waals surface area (Å²) >= 11 is 0. The molecule has 0 saturated heterocycles. The van der Waals surface area contributed by atoms with Crippen molar-refractivity contribution in [2.45, 2.75) is 45.1 Å². The van der Waals surface area contributed by atoms with E-state index in [1.807, 2.05) is 30.3 Å². The van der Waals surface area contributed by atoms with Crippen LogP contribution in [-0.2, 0) is 21.5 Å². The summed E-state index contributed by atoms with van der Waals surface area (Å²) in [6, 6.07) is 13.1. The van der Waals surface area contributed by atoms with Crippen LogP contribution < -0.4 is 10.6 Å². The van der Waals surface area contributed by atoms with Gasteiger partial charge in [0, 0.05) is 31.2 Å². The van der Waals surface area contributed by atoms with E-state index in [-0.39, 0.29) is 6.61 Å². The Bertz CT molecular complexity index is 978. The van der Waals surface area contributed by atoms with Crippen molar-refractivity contribution in [3.05, 3.63) is 60.4 Å².